The Labute approximate surface area is 117 Å². The van der Waals surface area contributed by atoms with E-state index in [-0.39, 0.29) is 6.04 Å². The van der Waals surface area contributed by atoms with Gasteiger partial charge in [0.2, 0.25) is 0 Å². The van der Waals surface area contributed by atoms with Crippen molar-refractivity contribution in [2.75, 3.05) is 0 Å². The van der Waals surface area contributed by atoms with Gasteiger partial charge in [-0.05, 0) is 28.6 Å². The second-order valence-electron chi connectivity index (χ2n) is 3.97. The van der Waals surface area contributed by atoms with Gasteiger partial charge in [-0.3, -0.25) is 0 Å². The van der Waals surface area contributed by atoms with Gasteiger partial charge in [0.05, 0.1) is 16.2 Å². The van der Waals surface area contributed by atoms with Gasteiger partial charge in [-0.15, -0.1) is 0 Å². The summed E-state index contributed by atoms with van der Waals surface area (Å²) in [6, 6.07) is 14.1. The molecular weight excluding hydrogens is 260 g/mol. The van der Waals surface area contributed by atoms with E-state index < -0.39 is 0 Å². The van der Waals surface area contributed by atoms with Gasteiger partial charge >= 0.3 is 0 Å². The second-order valence-corrected chi connectivity index (χ2v) is 4.68. The van der Waals surface area contributed by atoms with Crippen LogP contribution in [0.3, 0.4) is 0 Å². The Balaban J connectivity index is 2.56. The average molecular weight is 272 g/mol. The minimum atomic E-state index is -0.147. The molecule has 2 nitrogen and oxygen atoms in total. The molecule has 0 saturated carbocycles. The Hall–Kier alpha value is -1.61. The lowest BCUT2D eigenvalue weighted by molar-refractivity contribution is 0.781. The predicted molar refractivity (Wildman–Crippen MR) is 83.1 cm³/mol. The SMILES string of the molecule is NC(=S)C[C@H](N=C=S)c1cccc2ccccc12. The number of rotatable bonds is 4. The highest BCUT2D eigenvalue weighted by Crippen LogP contribution is 2.28. The fraction of sp³-hybridized carbons (Fsp3) is 0.143. The maximum Gasteiger partial charge on any atom is 0.0920 e. The van der Waals surface area contributed by atoms with Crippen molar-refractivity contribution < 1.29 is 0 Å². The minimum Gasteiger partial charge on any atom is -0.393 e. The molecule has 0 aliphatic carbocycles. The van der Waals surface area contributed by atoms with Crippen molar-refractivity contribution >= 4 is 45.4 Å². The standard InChI is InChI=1S/C14H12N2S2/c15-14(18)8-13(16-9-17)12-7-3-5-10-4-1-2-6-11(10)12/h1-7,13H,8H2,(H2,15,18)/t13-/m0/s1. The highest BCUT2D eigenvalue weighted by molar-refractivity contribution is 7.80. The van der Waals surface area contributed by atoms with Gasteiger partial charge in [-0.1, -0.05) is 54.7 Å². The molecule has 0 aliphatic heterocycles. The molecule has 2 aromatic rings. The van der Waals surface area contributed by atoms with E-state index >= 15 is 0 Å². The van der Waals surface area contributed by atoms with Gasteiger partial charge < -0.3 is 5.73 Å². The zero-order valence-corrected chi connectivity index (χ0v) is 11.3. The Morgan fingerprint density at radius 3 is 2.67 bits per heavy atom. The van der Waals surface area contributed by atoms with Crippen LogP contribution in [0, 0.1) is 0 Å². The smallest absolute Gasteiger partial charge is 0.0920 e. The maximum absolute atomic E-state index is 5.61. The normalized spacial score (nSPS) is 11.8. The van der Waals surface area contributed by atoms with Gasteiger partial charge in [0.15, 0.2) is 0 Å². The number of benzene rings is 2. The van der Waals surface area contributed by atoms with Crippen LogP contribution in [0.5, 0.6) is 0 Å². The molecule has 0 radical (unpaired) electrons. The molecule has 2 rings (SSSR count). The summed E-state index contributed by atoms with van der Waals surface area (Å²) in [6.07, 6.45) is 0.507. The van der Waals surface area contributed by atoms with Crippen LogP contribution in [0.1, 0.15) is 18.0 Å². The van der Waals surface area contributed by atoms with Gasteiger partial charge in [0, 0.05) is 6.42 Å². The molecule has 0 aliphatic rings. The van der Waals surface area contributed by atoms with Crippen LogP contribution in [0.2, 0.25) is 0 Å². The van der Waals surface area contributed by atoms with Crippen LogP contribution in [-0.4, -0.2) is 10.1 Å². The number of aliphatic imine (C=N–C) groups is 1. The lowest BCUT2D eigenvalue weighted by Crippen LogP contribution is -2.12. The molecule has 0 unspecified atom stereocenters. The molecule has 0 heterocycles. The van der Waals surface area contributed by atoms with E-state index in [0.717, 1.165) is 10.9 Å². The molecule has 0 amide bonds. The molecule has 90 valence electrons. The van der Waals surface area contributed by atoms with Crippen molar-refractivity contribution in [3.63, 3.8) is 0 Å². The van der Waals surface area contributed by atoms with E-state index in [1.54, 1.807) is 0 Å². The zero-order valence-electron chi connectivity index (χ0n) is 9.67. The van der Waals surface area contributed by atoms with Crippen LogP contribution in [0.25, 0.3) is 10.8 Å². The molecule has 4 heteroatoms. The third kappa shape index (κ3) is 2.79. The summed E-state index contributed by atoms with van der Waals surface area (Å²) in [4.78, 5) is 4.61. The summed E-state index contributed by atoms with van der Waals surface area (Å²) in [5, 5.41) is 4.75. The number of nitrogens with zero attached hydrogens (tertiary/aromatic N) is 1. The Bertz CT molecular complexity index is 625. The van der Waals surface area contributed by atoms with Crippen molar-refractivity contribution in [3.05, 3.63) is 48.0 Å². The molecule has 1 atom stereocenters. The first-order valence-corrected chi connectivity index (χ1v) is 6.37. The van der Waals surface area contributed by atoms with Crippen molar-refractivity contribution in [2.24, 2.45) is 10.7 Å². The van der Waals surface area contributed by atoms with Crippen molar-refractivity contribution in [1.29, 1.82) is 0 Å². The zero-order chi connectivity index (χ0) is 13.0. The molecule has 0 spiro atoms. The second kappa shape index (κ2) is 5.83. The van der Waals surface area contributed by atoms with Gasteiger partial charge in [0.1, 0.15) is 0 Å². The predicted octanol–water partition coefficient (Wildman–Crippen LogP) is 3.66. The van der Waals surface area contributed by atoms with Crippen LogP contribution < -0.4 is 5.73 Å². The van der Waals surface area contributed by atoms with E-state index in [1.165, 1.54) is 5.39 Å². The van der Waals surface area contributed by atoms with E-state index in [9.17, 15) is 0 Å². The third-order valence-electron chi connectivity index (χ3n) is 2.79. The summed E-state index contributed by atoms with van der Waals surface area (Å²) in [6.45, 7) is 0. The Morgan fingerprint density at radius 1 is 1.22 bits per heavy atom. The quantitative estimate of drug-likeness (QED) is 0.682. The molecule has 2 N–H and O–H groups in total. The number of isothiocyanates is 1. The number of fused-ring (bicyclic) bond motifs is 1. The summed E-state index contributed by atoms with van der Waals surface area (Å²) >= 11 is 9.67. The molecule has 0 fully saturated rings. The van der Waals surface area contributed by atoms with Crippen LogP contribution >= 0.6 is 24.4 Å². The first kappa shape index (κ1) is 12.8. The van der Waals surface area contributed by atoms with Gasteiger partial charge in [0.25, 0.3) is 0 Å². The highest BCUT2D eigenvalue weighted by Gasteiger charge is 2.13. The fourth-order valence-electron chi connectivity index (χ4n) is 2.02. The van der Waals surface area contributed by atoms with Crippen LogP contribution in [-0.2, 0) is 0 Å². The van der Waals surface area contributed by atoms with Crippen LogP contribution in [0.15, 0.2) is 47.5 Å². The van der Waals surface area contributed by atoms with Crippen molar-refractivity contribution in [1.82, 2.24) is 0 Å². The number of nitrogens with two attached hydrogens (primary N) is 1. The first-order valence-electron chi connectivity index (χ1n) is 5.55. The fourth-order valence-corrected chi connectivity index (χ4v) is 2.31. The Morgan fingerprint density at radius 2 is 1.94 bits per heavy atom. The largest absolute Gasteiger partial charge is 0.393 e. The molecule has 0 aromatic heterocycles. The van der Waals surface area contributed by atoms with Crippen LogP contribution in [0.4, 0.5) is 0 Å². The summed E-state index contributed by atoms with van der Waals surface area (Å²) < 4.78 is 0. The first-order chi connectivity index (χ1) is 8.72. The van der Waals surface area contributed by atoms with E-state index in [0.29, 0.717) is 11.4 Å². The molecule has 2 aromatic carbocycles. The number of thiocarbonyl (C=S) groups is 2. The van der Waals surface area contributed by atoms with Crippen molar-refractivity contribution in [2.45, 2.75) is 12.5 Å². The Kier molecular flexibility index (Phi) is 4.15. The van der Waals surface area contributed by atoms with E-state index in [1.807, 2.05) is 24.3 Å². The van der Waals surface area contributed by atoms with Crippen molar-refractivity contribution in [3.8, 4) is 0 Å². The number of hydrogen-bond donors (Lipinski definition) is 1. The third-order valence-corrected chi connectivity index (χ3v) is 3.06. The van der Waals surface area contributed by atoms with E-state index in [4.69, 9.17) is 30.2 Å². The van der Waals surface area contributed by atoms with Gasteiger partial charge in [-0.25, -0.2) is 4.99 Å². The lowest BCUT2D eigenvalue weighted by atomic mass is 9.97. The summed E-state index contributed by atoms with van der Waals surface area (Å²) in [5.74, 6) is 0. The monoisotopic (exact) mass is 272 g/mol. The average Bonchev–Trinajstić information content (AvgIpc) is 2.37. The molecule has 18 heavy (non-hydrogen) atoms. The highest BCUT2D eigenvalue weighted by atomic mass is 32.1. The molecule has 0 bridgehead atoms. The lowest BCUT2D eigenvalue weighted by Gasteiger charge is -2.13. The topological polar surface area (TPSA) is 38.4 Å². The number of hydrogen-bond acceptors (Lipinski definition) is 3. The maximum atomic E-state index is 5.61. The molecule has 0 saturated heterocycles. The summed E-state index contributed by atoms with van der Waals surface area (Å²) in [7, 11) is 0. The minimum absolute atomic E-state index is 0.147. The molecular formula is C14H12N2S2. The van der Waals surface area contributed by atoms with Gasteiger partial charge in [-0.2, -0.15) is 0 Å². The summed E-state index contributed by atoms with van der Waals surface area (Å²) in [5.41, 5.74) is 6.70. The van der Waals surface area contributed by atoms with E-state index in [2.05, 4.69) is 28.4 Å².